The fraction of sp³-hybridized carbons (Fsp3) is 0.500. The second-order valence-electron chi connectivity index (χ2n) is 5.79. The Morgan fingerprint density at radius 2 is 2.05 bits per heavy atom. The monoisotopic (exact) mass is 305 g/mol. The number of rotatable bonds is 1. The number of thioether (sulfide) groups is 1. The summed E-state index contributed by atoms with van der Waals surface area (Å²) in [5.41, 5.74) is 0.958. The van der Waals surface area contributed by atoms with Gasteiger partial charge >= 0.3 is 5.97 Å². The largest absolute Gasteiger partial charge is 0.465 e. The zero-order valence-electron chi connectivity index (χ0n) is 12.1. The van der Waals surface area contributed by atoms with Crippen molar-refractivity contribution in [3.8, 4) is 0 Å². The molecule has 0 bridgehead atoms. The number of nitrogens with one attached hydrogen (secondary N) is 1. The molecule has 4 nitrogen and oxygen atoms in total. The second kappa shape index (κ2) is 5.72. The second-order valence-corrected chi connectivity index (χ2v) is 6.80. The predicted octanol–water partition coefficient (Wildman–Crippen LogP) is 3.47. The minimum atomic E-state index is -0.381. The summed E-state index contributed by atoms with van der Waals surface area (Å²) in [6, 6.07) is 5.37. The van der Waals surface area contributed by atoms with Crippen LogP contribution in [0.15, 0.2) is 23.1 Å². The molecular weight excluding hydrogens is 286 g/mol. The van der Waals surface area contributed by atoms with E-state index >= 15 is 0 Å². The Bertz CT molecular complexity index is 579. The van der Waals surface area contributed by atoms with Crippen molar-refractivity contribution in [2.75, 3.05) is 18.2 Å². The fourth-order valence-electron chi connectivity index (χ4n) is 3.13. The van der Waals surface area contributed by atoms with Gasteiger partial charge in [-0.2, -0.15) is 0 Å². The number of anilines is 1. The molecule has 1 fully saturated rings. The van der Waals surface area contributed by atoms with Gasteiger partial charge in [0.2, 0.25) is 5.91 Å². The standard InChI is InChI=1S/C16H19NO3S/c1-20-14(18)11-5-6-13-12(9-11)17-15(19)16(10-21-13)7-3-2-4-8-16/h5-6,9H,2-4,7-8,10H2,1H3,(H,17,19). The number of hydrogen-bond acceptors (Lipinski definition) is 4. The van der Waals surface area contributed by atoms with Crippen molar-refractivity contribution in [1.29, 1.82) is 0 Å². The molecular formula is C16H19NO3S. The molecule has 1 aliphatic heterocycles. The smallest absolute Gasteiger partial charge is 0.337 e. The van der Waals surface area contributed by atoms with Crippen LogP contribution in [0.5, 0.6) is 0 Å². The number of esters is 1. The zero-order chi connectivity index (χ0) is 14.9. The van der Waals surface area contributed by atoms with Crippen molar-refractivity contribution in [2.45, 2.75) is 37.0 Å². The van der Waals surface area contributed by atoms with E-state index < -0.39 is 0 Å². The van der Waals surface area contributed by atoms with Crippen LogP contribution in [0.2, 0.25) is 0 Å². The summed E-state index contributed by atoms with van der Waals surface area (Å²) in [7, 11) is 1.36. The third-order valence-electron chi connectivity index (χ3n) is 4.45. The lowest BCUT2D eigenvalue weighted by molar-refractivity contribution is -0.126. The van der Waals surface area contributed by atoms with E-state index in [1.54, 1.807) is 23.9 Å². The number of benzene rings is 1. The van der Waals surface area contributed by atoms with Gasteiger partial charge in [-0.3, -0.25) is 4.79 Å². The zero-order valence-corrected chi connectivity index (χ0v) is 12.9. The van der Waals surface area contributed by atoms with Gasteiger partial charge in [-0.15, -0.1) is 11.8 Å². The van der Waals surface area contributed by atoms with Crippen molar-refractivity contribution in [2.24, 2.45) is 5.41 Å². The van der Waals surface area contributed by atoms with Crippen LogP contribution >= 0.6 is 11.8 Å². The number of fused-ring (bicyclic) bond motifs is 1. The maximum atomic E-state index is 12.7. The summed E-state index contributed by atoms with van der Waals surface area (Å²) in [4.78, 5) is 25.3. The van der Waals surface area contributed by atoms with Gasteiger partial charge in [-0.25, -0.2) is 4.79 Å². The molecule has 1 heterocycles. The van der Waals surface area contributed by atoms with Crippen LogP contribution in [0, 0.1) is 5.41 Å². The van der Waals surface area contributed by atoms with Crippen LogP contribution in [-0.4, -0.2) is 24.7 Å². The van der Waals surface area contributed by atoms with E-state index in [1.165, 1.54) is 13.5 Å². The number of amides is 1. The van der Waals surface area contributed by atoms with Gasteiger partial charge in [0.15, 0.2) is 0 Å². The summed E-state index contributed by atoms with van der Waals surface area (Å²) in [6.45, 7) is 0. The van der Waals surface area contributed by atoms with Crippen LogP contribution in [0.3, 0.4) is 0 Å². The van der Waals surface area contributed by atoms with Crippen molar-refractivity contribution in [3.05, 3.63) is 23.8 Å². The molecule has 1 N–H and O–H groups in total. The molecule has 1 spiro atoms. The van der Waals surface area contributed by atoms with E-state index in [4.69, 9.17) is 4.74 Å². The Morgan fingerprint density at radius 1 is 1.29 bits per heavy atom. The van der Waals surface area contributed by atoms with Crippen molar-refractivity contribution in [3.63, 3.8) is 0 Å². The summed E-state index contributed by atoms with van der Waals surface area (Å²) >= 11 is 1.71. The number of carbonyl (C=O) groups excluding carboxylic acids is 2. The number of ether oxygens (including phenoxy) is 1. The SMILES string of the molecule is COC(=O)c1ccc2c(c1)NC(=O)C1(CCCCC1)CS2. The van der Waals surface area contributed by atoms with Crippen LogP contribution < -0.4 is 5.32 Å². The minimum absolute atomic E-state index is 0.107. The molecule has 1 aromatic carbocycles. The highest BCUT2D eigenvalue weighted by atomic mass is 32.2. The first kappa shape index (κ1) is 14.4. The van der Waals surface area contributed by atoms with Crippen LogP contribution in [-0.2, 0) is 9.53 Å². The van der Waals surface area contributed by atoms with Crippen molar-refractivity contribution < 1.29 is 14.3 Å². The Labute approximate surface area is 128 Å². The minimum Gasteiger partial charge on any atom is -0.465 e. The maximum absolute atomic E-state index is 12.7. The van der Waals surface area contributed by atoms with Gasteiger partial charge in [0.25, 0.3) is 0 Å². The molecule has 0 aromatic heterocycles. The lowest BCUT2D eigenvalue weighted by Gasteiger charge is -2.33. The molecule has 0 saturated heterocycles. The number of methoxy groups -OCH3 is 1. The summed E-state index contributed by atoms with van der Waals surface area (Å²) < 4.78 is 4.74. The number of carbonyl (C=O) groups is 2. The van der Waals surface area contributed by atoms with Crippen molar-refractivity contribution in [1.82, 2.24) is 0 Å². The molecule has 5 heteroatoms. The Kier molecular flexibility index (Phi) is 3.93. The van der Waals surface area contributed by atoms with Crippen molar-refractivity contribution >= 4 is 29.3 Å². The molecule has 1 aliphatic carbocycles. The van der Waals surface area contributed by atoms with Gasteiger partial charge in [0.1, 0.15) is 0 Å². The lowest BCUT2D eigenvalue weighted by atomic mass is 9.75. The molecule has 0 radical (unpaired) electrons. The first-order valence-corrected chi connectivity index (χ1v) is 8.30. The first-order valence-electron chi connectivity index (χ1n) is 7.31. The van der Waals surface area contributed by atoms with Crippen LogP contribution in [0.1, 0.15) is 42.5 Å². The highest BCUT2D eigenvalue weighted by Crippen LogP contribution is 2.45. The average Bonchev–Trinajstić information content (AvgIpc) is 2.65. The topological polar surface area (TPSA) is 55.4 Å². The van der Waals surface area contributed by atoms with E-state index in [2.05, 4.69) is 5.32 Å². The van der Waals surface area contributed by atoms with E-state index in [-0.39, 0.29) is 17.3 Å². The van der Waals surface area contributed by atoms with Gasteiger partial charge in [0.05, 0.1) is 23.8 Å². The van der Waals surface area contributed by atoms with E-state index in [0.29, 0.717) is 5.56 Å². The van der Waals surface area contributed by atoms with E-state index in [9.17, 15) is 9.59 Å². The van der Waals surface area contributed by atoms with Gasteiger partial charge in [0, 0.05) is 10.6 Å². The first-order chi connectivity index (χ1) is 10.1. The summed E-state index contributed by atoms with van der Waals surface area (Å²) in [5.74, 6) is 0.549. The number of hydrogen-bond donors (Lipinski definition) is 1. The molecule has 21 heavy (non-hydrogen) atoms. The summed E-state index contributed by atoms with van der Waals surface area (Å²) in [6.07, 6.45) is 5.39. The maximum Gasteiger partial charge on any atom is 0.337 e. The Morgan fingerprint density at radius 3 is 2.76 bits per heavy atom. The molecule has 112 valence electrons. The predicted molar refractivity (Wildman–Crippen MR) is 82.7 cm³/mol. The molecule has 1 amide bonds. The molecule has 1 saturated carbocycles. The van der Waals surface area contributed by atoms with Gasteiger partial charge in [-0.1, -0.05) is 19.3 Å². The Balaban J connectivity index is 1.90. The van der Waals surface area contributed by atoms with Gasteiger partial charge < -0.3 is 10.1 Å². The highest BCUT2D eigenvalue weighted by molar-refractivity contribution is 7.99. The third-order valence-corrected chi connectivity index (χ3v) is 5.81. The van der Waals surface area contributed by atoms with E-state index in [0.717, 1.165) is 42.0 Å². The van der Waals surface area contributed by atoms with Crippen LogP contribution in [0.4, 0.5) is 5.69 Å². The highest BCUT2D eigenvalue weighted by Gasteiger charge is 2.41. The molecule has 3 rings (SSSR count). The molecule has 1 aromatic rings. The quantitative estimate of drug-likeness (QED) is 0.807. The lowest BCUT2D eigenvalue weighted by Crippen LogP contribution is -2.39. The molecule has 0 unspecified atom stereocenters. The molecule has 2 aliphatic rings. The van der Waals surface area contributed by atoms with Gasteiger partial charge in [-0.05, 0) is 31.0 Å². The molecule has 0 atom stereocenters. The fourth-order valence-corrected chi connectivity index (χ4v) is 4.42. The van der Waals surface area contributed by atoms with E-state index in [1.807, 2.05) is 6.07 Å². The third kappa shape index (κ3) is 2.67. The Hall–Kier alpha value is -1.49. The summed E-state index contributed by atoms with van der Waals surface area (Å²) in [5, 5.41) is 3.03. The van der Waals surface area contributed by atoms with Crippen LogP contribution in [0.25, 0.3) is 0 Å². The normalized spacial score (nSPS) is 20.3. The average molecular weight is 305 g/mol.